The molecule has 0 fully saturated rings. The zero-order valence-electron chi connectivity index (χ0n) is 12.8. The number of carboxylic acids is 1. The highest BCUT2D eigenvalue weighted by molar-refractivity contribution is 6.08. The summed E-state index contributed by atoms with van der Waals surface area (Å²) in [5, 5.41) is 9.11. The van der Waals surface area contributed by atoms with Crippen molar-refractivity contribution in [1.82, 2.24) is 0 Å². The monoisotopic (exact) mass is 325 g/mol. The molecule has 0 unspecified atom stereocenters. The fraction of sp³-hybridized carbons (Fsp3) is 0.167. The fourth-order valence-corrected chi connectivity index (χ4v) is 2.58. The maximum absolute atomic E-state index is 12.4. The average Bonchev–Trinajstić information content (AvgIpc) is 2.60. The molecule has 1 aliphatic rings. The van der Waals surface area contributed by atoms with E-state index in [0.29, 0.717) is 5.56 Å². The van der Waals surface area contributed by atoms with E-state index in [9.17, 15) is 14.4 Å². The Labute approximate surface area is 138 Å². The van der Waals surface area contributed by atoms with Crippen LogP contribution in [-0.4, -0.2) is 29.5 Å². The molecule has 1 N–H and O–H groups in total. The lowest BCUT2D eigenvalue weighted by molar-refractivity contribution is 0.0696. The lowest BCUT2D eigenvalue weighted by Gasteiger charge is -2.28. The minimum absolute atomic E-state index is 0.0179. The normalized spacial score (nSPS) is 13.3. The van der Waals surface area contributed by atoms with Gasteiger partial charge in [-0.2, -0.15) is 0 Å². The second-order valence-electron chi connectivity index (χ2n) is 5.40. The molecule has 1 heterocycles. The number of ketones is 1. The zero-order chi connectivity index (χ0) is 17.1. The Hall–Kier alpha value is -3.15. The Morgan fingerprint density at radius 1 is 1.12 bits per heavy atom. The smallest absolute Gasteiger partial charge is 0.414 e. The number of rotatable bonds is 3. The summed E-state index contributed by atoms with van der Waals surface area (Å²) in [4.78, 5) is 36.8. The van der Waals surface area contributed by atoms with Crippen molar-refractivity contribution in [3.05, 3.63) is 65.2 Å². The number of amides is 1. The number of ether oxygens (including phenoxy) is 1. The van der Waals surface area contributed by atoms with Crippen LogP contribution in [0, 0.1) is 0 Å². The van der Waals surface area contributed by atoms with Gasteiger partial charge in [0.25, 0.3) is 0 Å². The van der Waals surface area contributed by atoms with Crippen LogP contribution >= 0.6 is 0 Å². The van der Waals surface area contributed by atoms with Gasteiger partial charge in [-0.1, -0.05) is 30.3 Å². The predicted molar refractivity (Wildman–Crippen MR) is 86.3 cm³/mol. The summed E-state index contributed by atoms with van der Waals surface area (Å²) in [6.45, 7) is 0.278. The summed E-state index contributed by atoms with van der Waals surface area (Å²) in [5.41, 5.74) is 1.48. The van der Waals surface area contributed by atoms with Gasteiger partial charge in [0.05, 0.1) is 11.3 Å². The Bertz CT molecular complexity index is 800. The van der Waals surface area contributed by atoms with Crippen LogP contribution in [0.1, 0.15) is 32.7 Å². The van der Waals surface area contributed by atoms with Crippen molar-refractivity contribution in [2.24, 2.45) is 0 Å². The largest absolute Gasteiger partial charge is 0.478 e. The minimum Gasteiger partial charge on any atom is -0.478 e. The fourth-order valence-electron chi connectivity index (χ4n) is 2.58. The number of benzene rings is 2. The van der Waals surface area contributed by atoms with E-state index >= 15 is 0 Å². The van der Waals surface area contributed by atoms with Crippen molar-refractivity contribution in [2.45, 2.75) is 13.0 Å². The maximum Gasteiger partial charge on any atom is 0.414 e. The molecular weight excluding hydrogens is 310 g/mol. The van der Waals surface area contributed by atoms with Gasteiger partial charge in [-0.25, -0.2) is 9.59 Å². The van der Waals surface area contributed by atoms with Crippen LogP contribution in [0.25, 0.3) is 0 Å². The third-order valence-electron chi connectivity index (χ3n) is 3.82. The SMILES string of the molecule is O=C(O)c1ccc2c(c1)N(C(=O)OCc1ccccc1)CCC2=O. The molecular formula is C18H15NO5. The molecule has 2 aromatic rings. The number of carbonyl (C=O) groups excluding carboxylic acids is 2. The van der Waals surface area contributed by atoms with Gasteiger partial charge in [0.15, 0.2) is 5.78 Å². The van der Waals surface area contributed by atoms with Gasteiger partial charge in [0.2, 0.25) is 0 Å². The average molecular weight is 325 g/mol. The van der Waals surface area contributed by atoms with E-state index in [4.69, 9.17) is 9.84 Å². The summed E-state index contributed by atoms with van der Waals surface area (Å²) in [6.07, 6.45) is -0.421. The molecule has 0 saturated carbocycles. The minimum atomic E-state index is -1.12. The number of hydrogen-bond donors (Lipinski definition) is 1. The number of hydrogen-bond acceptors (Lipinski definition) is 4. The van der Waals surface area contributed by atoms with Crippen LogP contribution < -0.4 is 4.90 Å². The second-order valence-corrected chi connectivity index (χ2v) is 5.40. The molecule has 0 aliphatic carbocycles. The number of carbonyl (C=O) groups is 3. The summed E-state index contributed by atoms with van der Waals surface area (Å²) >= 11 is 0. The van der Waals surface area contributed by atoms with Crippen LogP contribution in [0.15, 0.2) is 48.5 Å². The first-order valence-electron chi connectivity index (χ1n) is 7.45. The van der Waals surface area contributed by atoms with Gasteiger partial charge >= 0.3 is 12.1 Å². The number of aromatic carboxylic acids is 1. The molecule has 3 rings (SSSR count). The summed E-state index contributed by atoms with van der Waals surface area (Å²) in [5.74, 6) is -1.23. The van der Waals surface area contributed by atoms with Gasteiger partial charge in [-0.15, -0.1) is 0 Å². The van der Waals surface area contributed by atoms with Crippen LogP contribution in [0.3, 0.4) is 0 Å². The van der Waals surface area contributed by atoms with Crippen LogP contribution in [0.5, 0.6) is 0 Å². The van der Waals surface area contributed by atoms with Crippen molar-refractivity contribution < 1.29 is 24.2 Å². The summed E-state index contributed by atoms with van der Waals surface area (Å²) < 4.78 is 5.29. The third-order valence-corrected chi connectivity index (χ3v) is 3.82. The van der Waals surface area contributed by atoms with E-state index in [1.54, 1.807) is 0 Å². The number of anilines is 1. The molecule has 0 saturated heterocycles. The second kappa shape index (κ2) is 6.54. The first kappa shape index (κ1) is 15.7. The molecule has 6 nitrogen and oxygen atoms in total. The van der Waals surface area contributed by atoms with Crippen molar-refractivity contribution in [2.75, 3.05) is 11.4 Å². The quantitative estimate of drug-likeness (QED) is 0.937. The molecule has 1 aliphatic heterocycles. The highest BCUT2D eigenvalue weighted by atomic mass is 16.6. The Morgan fingerprint density at radius 3 is 2.58 bits per heavy atom. The first-order valence-corrected chi connectivity index (χ1v) is 7.45. The molecule has 0 atom stereocenters. The predicted octanol–water partition coefficient (Wildman–Crippen LogP) is 3.11. The van der Waals surface area contributed by atoms with Crippen molar-refractivity contribution in [3.63, 3.8) is 0 Å². The topological polar surface area (TPSA) is 83.9 Å². The molecule has 2 aromatic carbocycles. The van der Waals surface area contributed by atoms with Crippen LogP contribution in [-0.2, 0) is 11.3 Å². The molecule has 122 valence electrons. The van der Waals surface area contributed by atoms with E-state index in [0.717, 1.165) is 5.56 Å². The lowest BCUT2D eigenvalue weighted by atomic mass is 9.98. The zero-order valence-corrected chi connectivity index (χ0v) is 12.8. The van der Waals surface area contributed by atoms with E-state index in [1.807, 2.05) is 30.3 Å². The Kier molecular flexibility index (Phi) is 4.29. The standard InChI is InChI=1S/C18H15NO5/c20-16-8-9-19(15-10-13(17(21)22)6-7-14(15)16)18(23)24-11-12-4-2-1-3-5-12/h1-7,10H,8-9,11H2,(H,21,22). The van der Waals surface area contributed by atoms with E-state index in [-0.39, 0.29) is 36.6 Å². The van der Waals surface area contributed by atoms with Gasteiger partial charge < -0.3 is 9.84 Å². The Balaban J connectivity index is 1.83. The number of Topliss-reactive ketones (excluding diaryl/α,β-unsaturated/α-hetero) is 1. The summed E-state index contributed by atoms with van der Waals surface area (Å²) in [6, 6.07) is 13.4. The Morgan fingerprint density at radius 2 is 1.88 bits per heavy atom. The molecule has 0 radical (unpaired) electrons. The highest BCUT2D eigenvalue weighted by Gasteiger charge is 2.29. The molecule has 1 amide bonds. The van der Waals surface area contributed by atoms with Gasteiger partial charge in [0, 0.05) is 18.5 Å². The first-order chi connectivity index (χ1) is 11.6. The van der Waals surface area contributed by atoms with E-state index < -0.39 is 12.1 Å². The van der Waals surface area contributed by atoms with Crippen LogP contribution in [0.4, 0.5) is 10.5 Å². The molecule has 24 heavy (non-hydrogen) atoms. The van der Waals surface area contributed by atoms with Crippen molar-refractivity contribution in [3.8, 4) is 0 Å². The van der Waals surface area contributed by atoms with Crippen molar-refractivity contribution >= 4 is 23.5 Å². The number of nitrogens with zero attached hydrogens (tertiary/aromatic N) is 1. The number of fused-ring (bicyclic) bond motifs is 1. The highest BCUT2D eigenvalue weighted by Crippen LogP contribution is 2.29. The van der Waals surface area contributed by atoms with Gasteiger partial charge in [0.1, 0.15) is 6.61 Å². The summed E-state index contributed by atoms with van der Waals surface area (Å²) in [7, 11) is 0. The number of carboxylic acid groups (broad SMARTS) is 1. The molecule has 6 heteroatoms. The third kappa shape index (κ3) is 3.12. The van der Waals surface area contributed by atoms with Crippen LogP contribution in [0.2, 0.25) is 0 Å². The molecule has 0 spiro atoms. The van der Waals surface area contributed by atoms with E-state index in [2.05, 4.69) is 0 Å². The maximum atomic E-state index is 12.4. The lowest BCUT2D eigenvalue weighted by Crippen LogP contribution is -2.38. The van der Waals surface area contributed by atoms with Gasteiger partial charge in [-0.05, 0) is 23.8 Å². The van der Waals surface area contributed by atoms with Crippen molar-refractivity contribution in [1.29, 1.82) is 0 Å². The van der Waals surface area contributed by atoms with Gasteiger partial charge in [-0.3, -0.25) is 9.69 Å². The molecule has 0 aromatic heterocycles. The molecule has 0 bridgehead atoms. The van der Waals surface area contributed by atoms with E-state index in [1.165, 1.54) is 23.1 Å².